The molecular formula is C14H29NO5S. The predicted molar refractivity (Wildman–Crippen MR) is 81.9 cm³/mol. The van der Waals surface area contributed by atoms with Gasteiger partial charge >= 0.3 is 0 Å². The molecule has 126 valence electrons. The van der Waals surface area contributed by atoms with E-state index in [9.17, 15) is 8.42 Å². The van der Waals surface area contributed by atoms with E-state index in [1.165, 1.54) is 10.6 Å². The fraction of sp³-hybridized carbons (Fsp3) is 1.00. The lowest BCUT2D eigenvalue weighted by Crippen LogP contribution is -2.41. The Morgan fingerprint density at radius 3 is 2.38 bits per heavy atom. The highest BCUT2D eigenvalue weighted by atomic mass is 32.2. The summed E-state index contributed by atoms with van der Waals surface area (Å²) in [5, 5.41) is 0. The topological polar surface area (TPSA) is 65.1 Å². The number of likely N-dealkylation sites (N-methyl/N-ethyl adjacent to an activating group) is 1. The molecule has 0 amide bonds. The molecule has 1 heterocycles. The van der Waals surface area contributed by atoms with Gasteiger partial charge in [0.05, 0.1) is 31.2 Å². The van der Waals surface area contributed by atoms with Gasteiger partial charge in [0, 0.05) is 26.3 Å². The molecule has 0 saturated carbocycles. The van der Waals surface area contributed by atoms with Gasteiger partial charge in [-0.2, -0.15) is 4.31 Å². The van der Waals surface area contributed by atoms with Crippen molar-refractivity contribution in [3.05, 3.63) is 0 Å². The van der Waals surface area contributed by atoms with Crippen molar-refractivity contribution in [2.24, 2.45) is 0 Å². The fourth-order valence-corrected chi connectivity index (χ4v) is 3.24. The standard InChI is InChI=1S/C14H29NO5S/c1-5-15(21(4,16)17)10-14(20-12(2)3)11-19-13-6-8-18-9-7-13/h12-14H,5-11H2,1-4H3/t14-/m0/s1. The molecule has 0 aromatic heterocycles. The second-order valence-corrected chi connectivity index (χ2v) is 7.65. The summed E-state index contributed by atoms with van der Waals surface area (Å²) >= 11 is 0. The molecule has 0 unspecified atom stereocenters. The van der Waals surface area contributed by atoms with Gasteiger partial charge in [0.1, 0.15) is 0 Å². The molecule has 21 heavy (non-hydrogen) atoms. The maximum absolute atomic E-state index is 11.7. The Morgan fingerprint density at radius 1 is 1.29 bits per heavy atom. The van der Waals surface area contributed by atoms with Crippen molar-refractivity contribution in [3.63, 3.8) is 0 Å². The minimum atomic E-state index is -3.21. The van der Waals surface area contributed by atoms with Crippen LogP contribution in [0.25, 0.3) is 0 Å². The molecule has 0 aromatic rings. The van der Waals surface area contributed by atoms with Crippen molar-refractivity contribution in [1.82, 2.24) is 4.31 Å². The highest BCUT2D eigenvalue weighted by molar-refractivity contribution is 7.88. The Morgan fingerprint density at radius 2 is 1.90 bits per heavy atom. The number of sulfonamides is 1. The number of ether oxygens (including phenoxy) is 3. The molecule has 1 rings (SSSR count). The second kappa shape index (κ2) is 9.05. The summed E-state index contributed by atoms with van der Waals surface area (Å²) in [6, 6.07) is 0. The molecule has 1 atom stereocenters. The van der Waals surface area contributed by atoms with Crippen molar-refractivity contribution in [2.75, 3.05) is 39.2 Å². The van der Waals surface area contributed by atoms with Gasteiger partial charge in [-0.3, -0.25) is 0 Å². The Hall–Kier alpha value is -0.210. The Kier molecular flexibility index (Phi) is 8.12. The minimum Gasteiger partial charge on any atom is -0.381 e. The van der Waals surface area contributed by atoms with E-state index in [4.69, 9.17) is 14.2 Å². The van der Waals surface area contributed by atoms with Crippen LogP contribution in [-0.2, 0) is 24.2 Å². The molecule has 0 radical (unpaired) electrons. The van der Waals surface area contributed by atoms with Gasteiger partial charge in [-0.15, -0.1) is 0 Å². The van der Waals surface area contributed by atoms with E-state index >= 15 is 0 Å². The first-order valence-electron chi connectivity index (χ1n) is 7.62. The van der Waals surface area contributed by atoms with Crippen LogP contribution in [0.5, 0.6) is 0 Å². The summed E-state index contributed by atoms with van der Waals surface area (Å²) in [6.45, 7) is 8.35. The van der Waals surface area contributed by atoms with Gasteiger partial charge in [-0.1, -0.05) is 6.92 Å². The molecule has 1 aliphatic rings. The average molecular weight is 323 g/mol. The van der Waals surface area contributed by atoms with Crippen LogP contribution in [0, 0.1) is 0 Å². The lowest BCUT2D eigenvalue weighted by molar-refractivity contribution is -0.0916. The second-order valence-electron chi connectivity index (χ2n) is 5.67. The van der Waals surface area contributed by atoms with Gasteiger partial charge < -0.3 is 14.2 Å². The number of nitrogens with zero attached hydrogens (tertiary/aromatic N) is 1. The van der Waals surface area contributed by atoms with Crippen LogP contribution in [0.15, 0.2) is 0 Å². The Bertz CT molecular complexity index is 379. The van der Waals surface area contributed by atoms with E-state index in [2.05, 4.69) is 0 Å². The predicted octanol–water partition coefficient (Wildman–Crippen LogP) is 1.26. The van der Waals surface area contributed by atoms with Crippen LogP contribution in [0.1, 0.15) is 33.6 Å². The van der Waals surface area contributed by atoms with Crippen molar-refractivity contribution in [2.45, 2.75) is 51.9 Å². The van der Waals surface area contributed by atoms with Crippen molar-refractivity contribution >= 4 is 10.0 Å². The Balaban J connectivity index is 2.53. The molecule has 1 aliphatic heterocycles. The first-order valence-corrected chi connectivity index (χ1v) is 9.47. The van der Waals surface area contributed by atoms with Gasteiger partial charge in [0.2, 0.25) is 10.0 Å². The van der Waals surface area contributed by atoms with E-state index in [0.29, 0.717) is 19.7 Å². The quantitative estimate of drug-likeness (QED) is 0.639. The van der Waals surface area contributed by atoms with Crippen molar-refractivity contribution in [3.8, 4) is 0 Å². The molecule has 1 saturated heterocycles. The van der Waals surface area contributed by atoms with Crippen molar-refractivity contribution in [1.29, 1.82) is 0 Å². The zero-order valence-electron chi connectivity index (χ0n) is 13.6. The fourth-order valence-electron chi connectivity index (χ4n) is 2.33. The van der Waals surface area contributed by atoms with Crippen LogP contribution < -0.4 is 0 Å². The van der Waals surface area contributed by atoms with Gasteiger partial charge in [0.15, 0.2) is 0 Å². The summed E-state index contributed by atoms with van der Waals surface area (Å²) in [5.74, 6) is 0. The van der Waals surface area contributed by atoms with E-state index < -0.39 is 10.0 Å². The van der Waals surface area contributed by atoms with Gasteiger partial charge in [-0.05, 0) is 26.7 Å². The van der Waals surface area contributed by atoms with Gasteiger partial charge in [-0.25, -0.2) is 8.42 Å². The van der Waals surface area contributed by atoms with Gasteiger partial charge in [0.25, 0.3) is 0 Å². The monoisotopic (exact) mass is 323 g/mol. The van der Waals surface area contributed by atoms with E-state index in [1.807, 2.05) is 20.8 Å². The van der Waals surface area contributed by atoms with Crippen LogP contribution >= 0.6 is 0 Å². The Labute approximate surface area is 128 Å². The maximum Gasteiger partial charge on any atom is 0.211 e. The maximum atomic E-state index is 11.7. The highest BCUT2D eigenvalue weighted by Crippen LogP contribution is 2.13. The molecule has 1 fully saturated rings. The molecule has 0 bridgehead atoms. The molecule has 6 nitrogen and oxygen atoms in total. The van der Waals surface area contributed by atoms with E-state index in [0.717, 1.165) is 26.1 Å². The average Bonchev–Trinajstić information content (AvgIpc) is 2.41. The third-order valence-electron chi connectivity index (χ3n) is 3.38. The molecule has 0 N–H and O–H groups in total. The molecule has 0 aromatic carbocycles. The lowest BCUT2D eigenvalue weighted by Gasteiger charge is -2.29. The summed E-state index contributed by atoms with van der Waals surface area (Å²) in [7, 11) is -3.21. The summed E-state index contributed by atoms with van der Waals surface area (Å²) < 4.78 is 41.8. The summed E-state index contributed by atoms with van der Waals surface area (Å²) in [5.41, 5.74) is 0. The lowest BCUT2D eigenvalue weighted by atomic mass is 10.1. The first kappa shape index (κ1) is 18.8. The smallest absolute Gasteiger partial charge is 0.211 e. The normalized spacial score (nSPS) is 19.3. The van der Waals surface area contributed by atoms with Crippen LogP contribution in [0.2, 0.25) is 0 Å². The largest absolute Gasteiger partial charge is 0.381 e. The zero-order valence-corrected chi connectivity index (χ0v) is 14.4. The molecule has 0 spiro atoms. The summed E-state index contributed by atoms with van der Waals surface area (Å²) in [6.07, 6.45) is 2.97. The number of rotatable bonds is 9. The summed E-state index contributed by atoms with van der Waals surface area (Å²) in [4.78, 5) is 0. The van der Waals surface area contributed by atoms with E-state index in [-0.39, 0.29) is 18.3 Å². The third kappa shape index (κ3) is 7.56. The zero-order chi connectivity index (χ0) is 15.9. The minimum absolute atomic E-state index is 0.0338. The highest BCUT2D eigenvalue weighted by Gasteiger charge is 2.23. The van der Waals surface area contributed by atoms with Crippen LogP contribution in [0.3, 0.4) is 0 Å². The molecule has 7 heteroatoms. The third-order valence-corrected chi connectivity index (χ3v) is 4.73. The molecular weight excluding hydrogens is 294 g/mol. The SMILES string of the molecule is CCN(C[C@@H](COC1CCOCC1)OC(C)C)S(C)(=O)=O. The van der Waals surface area contributed by atoms with Crippen LogP contribution in [0.4, 0.5) is 0 Å². The van der Waals surface area contributed by atoms with Crippen LogP contribution in [-0.4, -0.2) is 70.2 Å². The first-order chi connectivity index (χ1) is 9.82. The van der Waals surface area contributed by atoms with Crippen molar-refractivity contribution < 1.29 is 22.6 Å². The van der Waals surface area contributed by atoms with E-state index in [1.54, 1.807) is 0 Å². The number of hydrogen-bond acceptors (Lipinski definition) is 5. The number of hydrogen-bond donors (Lipinski definition) is 0. The molecule has 0 aliphatic carbocycles.